The molecular formula is C18H24F2N4O. The van der Waals surface area contributed by atoms with Crippen molar-refractivity contribution in [1.82, 2.24) is 15.8 Å². The molecule has 0 fully saturated rings. The van der Waals surface area contributed by atoms with Gasteiger partial charge in [0.1, 0.15) is 18.2 Å². The Bertz CT molecular complexity index is 713. The number of nitrogens with one attached hydrogen (secondary N) is 2. The lowest BCUT2D eigenvalue weighted by atomic mass is 10.1. The number of nitrogens with zero attached hydrogens (tertiary/aromatic N) is 2. The van der Waals surface area contributed by atoms with Crippen molar-refractivity contribution >= 4 is 5.96 Å². The van der Waals surface area contributed by atoms with Gasteiger partial charge in [-0.05, 0) is 43.0 Å². The highest BCUT2D eigenvalue weighted by Gasteiger charge is 2.08. The monoisotopic (exact) mass is 350 g/mol. The second kappa shape index (κ2) is 9.15. The molecule has 2 aromatic rings. The van der Waals surface area contributed by atoms with Crippen LogP contribution >= 0.6 is 0 Å². The Morgan fingerprint density at radius 2 is 2.04 bits per heavy atom. The SMILES string of the molecule is CCNC(=NCc1cc(C(C)C)no1)NCCc1cc(F)ccc1F. The third kappa shape index (κ3) is 5.85. The molecule has 2 rings (SSSR count). The summed E-state index contributed by atoms with van der Waals surface area (Å²) in [5.74, 6) is 0.712. The van der Waals surface area contributed by atoms with E-state index in [0.29, 0.717) is 49.3 Å². The quantitative estimate of drug-likeness (QED) is 0.594. The maximum absolute atomic E-state index is 13.6. The zero-order valence-corrected chi connectivity index (χ0v) is 14.8. The van der Waals surface area contributed by atoms with Crippen LogP contribution in [0.4, 0.5) is 8.78 Å². The number of guanidine groups is 1. The predicted molar refractivity (Wildman–Crippen MR) is 93.5 cm³/mol. The van der Waals surface area contributed by atoms with Crippen molar-refractivity contribution in [2.75, 3.05) is 13.1 Å². The Labute approximate surface area is 146 Å². The summed E-state index contributed by atoms with van der Waals surface area (Å²) >= 11 is 0. The number of hydrogen-bond donors (Lipinski definition) is 2. The summed E-state index contributed by atoms with van der Waals surface area (Å²) in [6, 6.07) is 5.35. The molecule has 0 radical (unpaired) electrons. The van der Waals surface area contributed by atoms with E-state index in [0.717, 1.165) is 17.8 Å². The van der Waals surface area contributed by atoms with Gasteiger partial charge in [0.25, 0.3) is 0 Å². The van der Waals surface area contributed by atoms with Crippen molar-refractivity contribution in [1.29, 1.82) is 0 Å². The largest absolute Gasteiger partial charge is 0.359 e. The van der Waals surface area contributed by atoms with E-state index < -0.39 is 11.6 Å². The molecule has 0 unspecified atom stereocenters. The third-order valence-corrected chi connectivity index (χ3v) is 3.60. The smallest absolute Gasteiger partial charge is 0.191 e. The summed E-state index contributed by atoms with van der Waals surface area (Å²) in [5, 5.41) is 10.2. The molecule has 5 nitrogen and oxygen atoms in total. The van der Waals surface area contributed by atoms with Crippen molar-refractivity contribution in [2.24, 2.45) is 4.99 Å². The molecule has 0 aliphatic rings. The average molecular weight is 350 g/mol. The number of rotatable bonds is 7. The summed E-state index contributed by atoms with van der Waals surface area (Å²) in [5.41, 5.74) is 1.23. The fourth-order valence-corrected chi connectivity index (χ4v) is 2.22. The molecule has 2 N–H and O–H groups in total. The van der Waals surface area contributed by atoms with Gasteiger partial charge in [-0.3, -0.25) is 0 Å². The van der Waals surface area contributed by atoms with Crippen LogP contribution in [0.2, 0.25) is 0 Å². The van der Waals surface area contributed by atoms with Crippen LogP contribution in [0.15, 0.2) is 33.8 Å². The first kappa shape index (κ1) is 18.9. The van der Waals surface area contributed by atoms with Gasteiger partial charge in [-0.2, -0.15) is 0 Å². The highest BCUT2D eigenvalue weighted by molar-refractivity contribution is 5.79. The summed E-state index contributed by atoms with van der Waals surface area (Å²) in [4.78, 5) is 4.42. The molecule has 1 aromatic carbocycles. The van der Waals surface area contributed by atoms with E-state index in [4.69, 9.17) is 4.52 Å². The summed E-state index contributed by atoms with van der Waals surface area (Å²) in [6.07, 6.45) is 0.355. The van der Waals surface area contributed by atoms with Crippen LogP contribution in [0.5, 0.6) is 0 Å². The number of aliphatic imine (C=N–C) groups is 1. The molecule has 0 aliphatic carbocycles. The summed E-state index contributed by atoms with van der Waals surface area (Å²) < 4.78 is 32.1. The minimum Gasteiger partial charge on any atom is -0.359 e. The second-order valence-electron chi connectivity index (χ2n) is 5.98. The highest BCUT2D eigenvalue weighted by Crippen LogP contribution is 2.14. The highest BCUT2D eigenvalue weighted by atomic mass is 19.1. The standard InChI is InChI=1S/C18H24F2N4O/c1-4-21-18(23-11-15-10-17(12(2)3)24-25-15)22-8-7-13-9-14(19)5-6-16(13)20/h5-6,9-10,12H,4,7-8,11H2,1-3H3,(H2,21,22,23). The Kier molecular flexibility index (Phi) is 6.91. The fourth-order valence-electron chi connectivity index (χ4n) is 2.22. The predicted octanol–water partition coefficient (Wildman–Crippen LogP) is 3.37. The van der Waals surface area contributed by atoms with Crippen molar-refractivity contribution < 1.29 is 13.3 Å². The van der Waals surface area contributed by atoms with Crippen LogP contribution in [0.1, 0.15) is 43.7 Å². The molecule has 0 spiro atoms. The normalized spacial score (nSPS) is 11.8. The van der Waals surface area contributed by atoms with Gasteiger partial charge in [0, 0.05) is 19.2 Å². The second-order valence-corrected chi connectivity index (χ2v) is 5.98. The molecule has 1 aromatic heterocycles. The lowest BCUT2D eigenvalue weighted by Crippen LogP contribution is -2.38. The van der Waals surface area contributed by atoms with Crippen molar-refractivity contribution in [3.63, 3.8) is 0 Å². The van der Waals surface area contributed by atoms with E-state index in [1.807, 2.05) is 26.8 Å². The van der Waals surface area contributed by atoms with Gasteiger partial charge in [0.05, 0.1) is 5.69 Å². The molecule has 25 heavy (non-hydrogen) atoms. The molecule has 0 amide bonds. The molecule has 136 valence electrons. The number of benzene rings is 1. The summed E-state index contributed by atoms with van der Waals surface area (Å²) in [6.45, 7) is 7.51. The van der Waals surface area contributed by atoms with E-state index >= 15 is 0 Å². The van der Waals surface area contributed by atoms with Gasteiger partial charge in [0.2, 0.25) is 0 Å². The van der Waals surface area contributed by atoms with Gasteiger partial charge in [0.15, 0.2) is 11.7 Å². The van der Waals surface area contributed by atoms with E-state index in [1.165, 1.54) is 6.07 Å². The van der Waals surface area contributed by atoms with E-state index in [1.54, 1.807) is 0 Å². The Hall–Kier alpha value is -2.44. The maximum atomic E-state index is 13.6. The molecule has 0 aliphatic heterocycles. The van der Waals surface area contributed by atoms with Crippen LogP contribution in [-0.4, -0.2) is 24.2 Å². The Morgan fingerprint density at radius 3 is 2.72 bits per heavy atom. The zero-order valence-electron chi connectivity index (χ0n) is 14.8. The van der Waals surface area contributed by atoms with Crippen LogP contribution < -0.4 is 10.6 Å². The first-order chi connectivity index (χ1) is 12.0. The van der Waals surface area contributed by atoms with E-state index in [9.17, 15) is 8.78 Å². The van der Waals surface area contributed by atoms with Crippen LogP contribution in [0.25, 0.3) is 0 Å². The first-order valence-electron chi connectivity index (χ1n) is 8.41. The van der Waals surface area contributed by atoms with E-state index in [-0.39, 0.29) is 0 Å². The van der Waals surface area contributed by atoms with Gasteiger partial charge in [-0.1, -0.05) is 19.0 Å². The molecule has 0 saturated carbocycles. The lowest BCUT2D eigenvalue weighted by Gasteiger charge is -2.11. The van der Waals surface area contributed by atoms with Crippen molar-refractivity contribution in [3.05, 3.63) is 52.9 Å². The molecule has 7 heteroatoms. The number of hydrogen-bond acceptors (Lipinski definition) is 3. The molecule has 0 atom stereocenters. The topological polar surface area (TPSA) is 62.5 Å². The summed E-state index contributed by atoms with van der Waals surface area (Å²) in [7, 11) is 0. The van der Waals surface area contributed by atoms with Gasteiger partial charge in [-0.15, -0.1) is 0 Å². The molecule has 0 saturated heterocycles. The van der Waals surface area contributed by atoms with Crippen LogP contribution in [0.3, 0.4) is 0 Å². The zero-order chi connectivity index (χ0) is 18.2. The maximum Gasteiger partial charge on any atom is 0.191 e. The van der Waals surface area contributed by atoms with Crippen molar-refractivity contribution in [3.8, 4) is 0 Å². The van der Waals surface area contributed by atoms with Crippen LogP contribution in [-0.2, 0) is 13.0 Å². The Morgan fingerprint density at radius 1 is 1.24 bits per heavy atom. The van der Waals surface area contributed by atoms with E-state index in [2.05, 4.69) is 20.8 Å². The van der Waals surface area contributed by atoms with Crippen molar-refractivity contribution in [2.45, 2.75) is 39.7 Å². The average Bonchev–Trinajstić information content (AvgIpc) is 3.05. The lowest BCUT2D eigenvalue weighted by molar-refractivity contribution is 0.376. The van der Waals surface area contributed by atoms with Crippen LogP contribution in [0, 0.1) is 11.6 Å². The fraction of sp³-hybridized carbons (Fsp3) is 0.444. The van der Waals surface area contributed by atoms with Gasteiger partial charge >= 0.3 is 0 Å². The minimum absolute atomic E-state index is 0.300. The molecule has 0 bridgehead atoms. The molecule has 1 heterocycles. The first-order valence-corrected chi connectivity index (χ1v) is 8.41. The van der Waals surface area contributed by atoms with Gasteiger partial charge in [-0.25, -0.2) is 13.8 Å². The minimum atomic E-state index is -0.441. The molecular weight excluding hydrogens is 326 g/mol. The van der Waals surface area contributed by atoms with Gasteiger partial charge < -0.3 is 15.2 Å². The third-order valence-electron chi connectivity index (χ3n) is 3.60. The number of halogens is 2. The number of aromatic nitrogens is 1. The Balaban J connectivity index is 1.91.